The summed E-state index contributed by atoms with van der Waals surface area (Å²) >= 11 is 1.19. The summed E-state index contributed by atoms with van der Waals surface area (Å²) in [5.41, 5.74) is 6.53. The van der Waals surface area contributed by atoms with Gasteiger partial charge in [0.1, 0.15) is 5.56 Å². The van der Waals surface area contributed by atoms with E-state index in [9.17, 15) is 24.5 Å². The lowest BCUT2D eigenvalue weighted by atomic mass is 10.1. The highest BCUT2D eigenvalue weighted by molar-refractivity contribution is 7.14. The molecule has 0 radical (unpaired) electrons. The molecule has 2 amide bonds. The third-order valence-corrected chi connectivity index (χ3v) is 5.39. The summed E-state index contributed by atoms with van der Waals surface area (Å²) in [4.78, 5) is 52.7. The standard InChI is InChI=1S/C20H19N5O5S/c1-11-4-5-17(12(2)6-11)24(13(3)26)20-22-14(10-31-20)8-23-9-15(25(29)30)7-16(18(21)27)19(23)28/h4-7,9-10H,8H2,1-3H3,(H2,21,27). The second-order valence-electron chi connectivity index (χ2n) is 6.93. The molecule has 0 bridgehead atoms. The highest BCUT2D eigenvalue weighted by Crippen LogP contribution is 2.32. The van der Waals surface area contributed by atoms with E-state index in [-0.39, 0.29) is 12.5 Å². The van der Waals surface area contributed by atoms with Crippen molar-refractivity contribution in [2.24, 2.45) is 5.73 Å². The monoisotopic (exact) mass is 441 g/mol. The maximum absolute atomic E-state index is 12.5. The highest BCUT2D eigenvalue weighted by Gasteiger charge is 2.21. The number of anilines is 2. The van der Waals surface area contributed by atoms with E-state index in [0.717, 1.165) is 28.0 Å². The van der Waals surface area contributed by atoms with Gasteiger partial charge in [0.25, 0.3) is 17.2 Å². The van der Waals surface area contributed by atoms with Crippen LogP contribution < -0.4 is 16.2 Å². The SMILES string of the molecule is CC(=O)N(c1nc(Cn2cc([N+](=O)[O-])cc(C(N)=O)c2=O)cs1)c1ccc(C)cc1C. The van der Waals surface area contributed by atoms with E-state index >= 15 is 0 Å². The number of carbonyl (C=O) groups excluding carboxylic acids is 2. The predicted molar refractivity (Wildman–Crippen MR) is 116 cm³/mol. The highest BCUT2D eigenvalue weighted by atomic mass is 32.1. The fourth-order valence-electron chi connectivity index (χ4n) is 3.12. The Morgan fingerprint density at radius 3 is 2.58 bits per heavy atom. The average molecular weight is 441 g/mol. The first-order valence-electron chi connectivity index (χ1n) is 9.09. The minimum Gasteiger partial charge on any atom is -0.365 e. The molecule has 0 saturated heterocycles. The van der Waals surface area contributed by atoms with Gasteiger partial charge in [0.05, 0.1) is 29.0 Å². The Labute approximate surface area is 180 Å². The first kappa shape index (κ1) is 21.8. The van der Waals surface area contributed by atoms with E-state index in [1.54, 1.807) is 5.38 Å². The zero-order valence-electron chi connectivity index (χ0n) is 17.0. The molecule has 0 unspecified atom stereocenters. The van der Waals surface area contributed by atoms with E-state index in [0.29, 0.717) is 16.5 Å². The number of aromatic nitrogens is 2. The zero-order chi connectivity index (χ0) is 22.9. The summed E-state index contributed by atoms with van der Waals surface area (Å²) in [7, 11) is 0. The molecule has 2 N–H and O–H groups in total. The number of primary amides is 1. The lowest BCUT2D eigenvalue weighted by Gasteiger charge is -2.20. The first-order chi connectivity index (χ1) is 14.6. The molecular weight excluding hydrogens is 422 g/mol. The first-order valence-corrected chi connectivity index (χ1v) is 9.97. The van der Waals surface area contributed by atoms with Crippen LogP contribution in [0.3, 0.4) is 0 Å². The summed E-state index contributed by atoms with van der Waals surface area (Å²) in [6.45, 7) is 5.13. The van der Waals surface area contributed by atoms with Crippen molar-refractivity contribution in [1.29, 1.82) is 0 Å². The summed E-state index contributed by atoms with van der Waals surface area (Å²) in [6.07, 6.45) is 1.03. The van der Waals surface area contributed by atoms with Crippen molar-refractivity contribution < 1.29 is 14.5 Å². The Bertz CT molecular complexity index is 1260. The van der Waals surface area contributed by atoms with Crippen LogP contribution in [0.5, 0.6) is 0 Å². The van der Waals surface area contributed by atoms with Crippen LogP contribution in [0.15, 0.2) is 40.6 Å². The summed E-state index contributed by atoms with van der Waals surface area (Å²) in [5.74, 6) is -1.30. The van der Waals surface area contributed by atoms with E-state index < -0.39 is 27.6 Å². The lowest BCUT2D eigenvalue weighted by molar-refractivity contribution is -0.385. The Balaban J connectivity index is 2.01. The number of rotatable bonds is 6. The molecule has 3 rings (SSSR count). The van der Waals surface area contributed by atoms with Crippen molar-refractivity contribution in [2.45, 2.75) is 27.3 Å². The number of nitrogens with two attached hydrogens (primary N) is 1. The number of carbonyl (C=O) groups is 2. The van der Waals surface area contributed by atoms with Gasteiger partial charge in [-0.2, -0.15) is 0 Å². The number of pyridine rings is 1. The second-order valence-corrected chi connectivity index (χ2v) is 7.77. The molecule has 0 saturated carbocycles. The Morgan fingerprint density at radius 2 is 2.00 bits per heavy atom. The quantitative estimate of drug-likeness (QED) is 0.460. The molecule has 0 aliphatic carbocycles. The maximum Gasteiger partial charge on any atom is 0.286 e. The molecule has 3 aromatic rings. The van der Waals surface area contributed by atoms with Crippen molar-refractivity contribution >= 4 is 39.7 Å². The van der Waals surface area contributed by atoms with Gasteiger partial charge in [-0.15, -0.1) is 11.3 Å². The van der Waals surface area contributed by atoms with Crippen LogP contribution in [0.1, 0.15) is 34.1 Å². The third kappa shape index (κ3) is 4.51. The maximum atomic E-state index is 12.5. The lowest BCUT2D eigenvalue weighted by Crippen LogP contribution is -2.30. The molecule has 0 aliphatic heterocycles. The van der Waals surface area contributed by atoms with Gasteiger partial charge in [-0.25, -0.2) is 4.98 Å². The molecule has 11 heteroatoms. The number of aryl methyl sites for hydroxylation is 2. The number of nitrogens with zero attached hydrogens (tertiary/aromatic N) is 4. The smallest absolute Gasteiger partial charge is 0.286 e. The number of nitro groups is 1. The molecule has 0 aliphatic rings. The van der Waals surface area contributed by atoms with Gasteiger partial charge in [0, 0.05) is 18.4 Å². The van der Waals surface area contributed by atoms with Gasteiger partial charge in [-0.1, -0.05) is 17.7 Å². The van der Waals surface area contributed by atoms with E-state index in [4.69, 9.17) is 5.73 Å². The van der Waals surface area contributed by atoms with Crippen LogP contribution in [0.25, 0.3) is 0 Å². The second kappa shape index (κ2) is 8.48. The fourth-order valence-corrected chi connectivity index (χ4v) is 3.99. The van der Waals surface area contributed by atoms with Gasteiger partial charge in [-0.3, -0.25) is 29.4 Å². The minimum absolute atomic E-state index is 0.129. The molecule has 0 fully saturated rings. The summed E-state index contributed by atoms with van der Waals surface area (Å²) < 4.78 is 1.01. The Hall–Kier alpha value is -3.86. The topological polar surface area (TPSA) is 141 Å². The van der Waals surface area contributed by atoms with Crippen LogP contribution in [-0.2, 0) is 11.3 Å². The largest absolute Gasteiger partial charge is 0.365 e. The van der Waals surface area contributed by atoms with Gasteiger partial charge in [-0.05, 0) is 25.5 Å². The van der Waals surface area contributed by atoms with Crippen molar-refractivity contribution in [1.82, 2.24) is 9.55 Å². The zero-order valence-corrected chi connectivity index (χ0v) is 17.8. The van der Waals surface area contributed by atoms with Crippen LogP contribution in [0, 0.1) is 24.0 Å². The predicted octanol–water partition coefficient (Wildman–Crippen LogP) is 2.66. The molecule has 0 atom stereocenters. The molecule has 0 spiro atoms. The normalized spacial score (nSPS) is 10.7. The third-order valence-electron chi connectivity index (χ3n) is 4.52. The van der Waals surface area contributed by atoms with Crippen molar-refractivity contribution in [3.8, 4) is 0 Å². The van der Waals surface area contributed by atoms with E-state index in [2.05, 4.69) is 4.98 Å². The molecule has 2 aromatic heterocycles. The number of amides is 2. The number of hydrogen-bond donors (Lipinski definition) is 1. The van der Waals surface area contributed by atoms with Gasteiger partial charge >= 0.3 is 0 Å². The van der Waals surface area contributed by atoms with Crippen LogP contribution in [0.4, 0.5) is 16.5 Å². The average Bonchev–Trinajstić information content (AvgIpc) is 3.12. The van der Waals surface area contributed by atoms with Gasteiger partial charge in [0.15, 0.2) is 5.13 Å². The van der Waals surface area contributed by atoms with E-state index in [1.807, 2.05) is 32.0 Å². The summed E-state index contributed by atoms with van der Waals surface area (Å²) in [6, 6.07) is 6.53. The Kier molecular flexibility index (Phi) is 5.97. The molecule has 2 heterocycles. The van der Waals surface area contributed by atoms with Gasteiger partial charge in [0.2, 0.25) is 5.91 Å². The number of benzene rings is 1. The van der Waals surface area contributed by atoms with Crippen LogP contribution in [0.2, 0.25) is 0 Å². The Morgan fingerprint density at radius 1 is 1.29 bits per heavy atom. The summed E-state index contributed by atoms with van der Waals surface area (Å²) in [5, 5.41) is 13.2. The molecule has 10 nitrogen and oxygen atoms in total. The molecule has 160 valence electrons. The van der Waals surface area contributed by atoms with Crippen molar-refractivity contribution in [2.75, 3.05) is 4.90 Å². The number of hydrogen-bond acceptors (Lipinski definition) is 7. The molecule has 31 heavy (non-hydrogen) atoms. The van der Waals surface area contributed by atoms with Crippen molar-refractivity contribution in [3.05, 3.63) is 78.7 Å². The van der Waals surface area contributed by atoms with Gasteiger partial charge < -0.3 is 10.3 Å². The number of thiazole rings is 1. The minimum atomic E-state index is -1.06. The van der Waals surface area contributed by atoms with E-state index in [1.165, 1.54) is 23.2 Å². The van der Waals surface area contributed by atoms with Crippen molar-refractivity contribution in [3.63, 3.8) is 0 Å². The molecular formula is C20H19N5O5S. The fraction of sp³-hybridized carbons (Fsp3) is 0.200. The van der Waals surface area contributed by atoms with Crippen LogP contribution >= 0.6 is 11.3 Å². The molecule has 1 aromatic carbocycles. The van der Waals surface area contributed by atoms with Crippen LogP contribution in [-0.4, -0.2) is 26.3 Å².